The zero-order valence-electron chi connectivity index (χ0n) is 11.5. The van der Waals surface area contributed by atoms with Crippen LogP contribution >= 0.6 is 0 Å². The van der Waals surface area contributed by atoms with Crippen LogP contribution in [0.1, 0.15) is 32.1 Å². The van der Waals surface area contributed by atoms with E-state index < -0.39 is 5.60 Å². The summed E-state index contributed by atoms with van der Waals surface area (Å²) in [5.74, 6) is 1.97. The predicted octanol–water partition coefficient (Wildman–Crippen LogP) is 2.31. The lowest BCUT2D eigenvalue weighted by molar-refractivity contribution is -0.0868. The molecule has 3 aliphatic carbocycles. The Bertz CT molecular complexity index is 617. The summed E-state index contributed by atoms with van der Waals surface area (Å²) in [6.07, 6.45) is 9.29. The molecule has 0 aromatic carbocycles. The summed E-state index contributed by atoms with van der Waals surface area (Å²) < 4.78 is 0. The van der Waals surface area contributed by atoms with E-state index in [1.165, 1.54) is 25.7 Å². The molecular weight excluding hydrogens is 252 g/mol. The molecule has 2 aromatic heterocycles. The number of nitrogens with one attached hydrogen (secondary N) is 2. The van der Waals surface area contributed by atoms with Crippen LogP contribution < -0.4 is 5.32 Å². The van der Waals surface area contributed by atoms with Gasteiger partial charge >= 0.3 is 0 Å². The molecule has 3 fully saturated rings. The summed E-state index contributed by atoms with van der Waals surface area (Å²) in [5.41, 5.74) is 0.272. The van der Waals surface area contributed by atoms with Crippen LogP contribution in [0, 0.1) is 11.8 Å². The Kier molecular flexibility index (Phi) is 2.70. The Morgan fingerprint density at radius 1 is 1.30 bits per heavy atom. The number of anilines is 1. The highest BCUT2D eigenvalue weighted by Crippen LogP contribution is 2.47. The van der Waals surface area contributed by atoms with Gasteiger partial charge in [-0.05, 0) is 50.0 Å². The van der Waals surface area contributed by atoms with E-state index in [4.69, 9.17) is 0 Å². The van der Waals surface area contributed by atoms with Crippen molar-refractivity contribution in [2.75, 3.05) is 11.9 Å². The van der Waals surface area contributed by atoms with Gasteiger partial charge in [-0.1, -0.05) is 0 Å². The monoisotopic (exact) mass is 272 g/mol. The second-order valence-corrected chi connectivity index (χ2v) is 6.34. The van der Waals surface area contributed by atoms with E-state index in [2.05, 4.69) is 20.3 Å². The first-order chi connectivity index (χ1) is 9.74. The first-order valence-electron chi connectivity index (χ1n) is 7.49. The Morgan fingerprint density at radius 2 is 2.15 bits per heavy atom. The summed E-state index contributed by atoms with van der Waals surface area (Å²) in [5, 5.41) is 15.3. The van der Waals surface area contributed by atoms with Crippen LogP contribution in [0.15, 0.2) is 18.6 Å². The molecule has 3 aliphatic rings. The zero-order valence-corrected chi connectivity index (χ0v) is 11.5. The summed E-state index contributed by atoms with van der Waals surface area (Å²) in [4.78, 5) is 11.6. The maximum atomic E-state index is 10.9. The van der Waals surface area contributed by atoms with Crippen LogP contribution in [0.5, 0.6) is 0 Å². The molecule has 0 unspecified atom stereocenters. The van der Waals surface area contributed by atoms with Gasteiger partial charge in [0.2, 0.25) is 0 Å². The third-order valence-corrected chi connectivity index (χ3v) is 5.16. The van der Waals surface area contributed by atoms with Crippen molar-refractivity contribution < 1.29 is 5.11 Å². The Morgan fingerprint density at radius 3 is 2.90 bits per heavy atom. The van der Waals surface area contributed by atoms with E-state index in [0.29, 0.717) is 18.4 Å². The summed E-state index contributed by atoms with van der Waals surface area (Å²) in [7, 11) is 0. The molecule has 0 amide bonds. The number of hydrogen-bond acceptors (Lipinski definition) is 4. The van der Waals surface area contributed by atoms with E-state index in [-0.39, 0.29) is 0 Å². The molecule has 5 nitrogen and oxygen atoms in total. The van der Waals surface area contributed by atoms with Crippen LogP contribution in [0.2, 0.25) is 0 Å². The first-order valence-corrected chi connectivity index (χ1v) is 7.49. The largest absolute Gasteiger partial charge is 0.388 e. The SMILES string of the molecule is O[C@]1(CNc2ncnc3[nH]ccc23)CC2CCC1CC2. The van der Waals surface area contributed by atoms with Crippen LogP contribution in [-0.4, -0.2) is 32.2 Å². The van der Waals surface area contributed by atoms with Crippen molar-refractivity contribution in [1.29, 1.82) is 0 Å². The number of rotatable bonds is 3. The summed E-state index contributed by atoms with van der Waals surface area (Å²) in [6, 6.07) is 1.97. The standard InChI is InChI=1S/C15H20N4O/c20-15(7-10-1-3-11(15)4-2-10)8-17-14-12-5-6-16-13(12)18-9-19-14/h5-6,9-11,20H,1-4,7-8H2,(H2,16,17,18,19)/t10?,11?,15-/m0/s1. The minimum Gasteiger partial charge on any atom is -0.388 e. The van der Waals surface area contributed by atoms with Crippen molar-refractivity contribution in [1.82, 2.24) is 15.0 Å². The fourth-order valence-corrected chi connectivity index (χ4v) is 4.04. The van der Waals surface area contributed by atoms with Crippen molar-refractivity contribution >= 4 is 16.9 Å². The van der Waals surface area contributed by atoms with E-state index >= 15 is 0 Å². The van der Waals surface area contributed by atoms with Gasteiger partial charge in [0.15, 0.2) is 0 Å². The fraction of sp³-hybridized carbons (Fsp3) is 0.600. The lowest BCUT2D eigenvalue weighted by Gasteiger charge is -2.48. The molecule has 0 saturated heterocycles. The molecule has 0 aliphatic heterocycles. The van der Waals surface area contributed by atoms with E-state index in [0.717, 1.165) is 23.3 Å². The third kappa shape index (κ3) is 1.88. The van der Waals surface area contributed by atoms with Gasteiger partial charge in [0, 0.05) is 12.7 Å². The number of nitrogens with zero attached hydrogens (tertiary/aromatic N) is 2. The lowest BCUT2D eigenvalue weighted by Crippen LogP contribution is -2.51. The highest BCUT2D eigenvalue weighted by Gasteiger charge is 2.45. The van der Waals surface area contributed by atoms with Crippen LogP contribution in [0.25, 0.3) is 11.0 Å². The number of aliphatic hydroxyl groups is 1. The maximum Gasteiger partial charge on any atom is 0.142 e. The molecule has 5 rings (SSSR count). The average molecular weight is 272 g/mol. The van der Waals surface area contributed by atoms with Crippen LogP contribution in [0.3, 0.4) is 0 Å². The number of aromatic amines is 1. The normalized spacial score (nSPS) is 32.6. The van der Waals surface area contributed by atoms with Gasteiger partial charge in [-0.3, -0.25) is 0 Å². The topological polar surface area (TPSA) is 73.8 Å². The molecule has 0 spiro atoms. The Labute approximate surface area is 117 Å². The second-order valence-electron chi connectivity index (χ2n) is 6.34. The summed E-state index contributed by atoms with van der Waals surface area (Å²) in [6.45, 7) is 0.589. The van der Waals surface area contributed by atoms with Crippen molar-refractivity contribution in [3.05, 3.63) is 18.6 Å². The van der Waals surface area contributed by atoms with Crippen molar-refractivity contribution in [3.63, 3.8) is 0 Å². The van der Waals surface area contributed by atoms with Crippen LogP contribution in [-0.2, 0) is 0 Å². The third-order valence-electron chi connectivity index (χ3n) is 5.16. The molecule has 106 valence electrons. The second kappa shape index (κ2) is 4.45. The molecule has 2 aromatic rings. The zero-order chi connectivity index (χ0) is 13.6. The molecule has 3 saturated carbocycles. The first kappa shape index (κ1) is 12.1. The minimum atomic E-state index is -0.561. The van der Waals surface area contributed by atoms with E-state index in [1.54, 1.807) is 6.33 Å². The molecule has 2 heterocycles. The van der Waals surface area contributed by atoms with Crippen molar-refractivity contribution in [2.45, 2.75) is 37.7 Å². The highest BCUT2D eigenvalue weighted by molar-refractivity contribution is 5.86. The minimum absolute atomic E-state index is 0.448. The van der Waals surface area contributed by atoms with Gasteiger partial charge in [0.1, 0.15) is 17.8 Å². The van der Waals surface area contributed by atoms with E-state index in [9.17, 15) is 5.11 Å². The molecule has 2 bridgehead atoms. The van der Waals surface area contributed by atoms with E-state index in [1.807, 2.05) is 12.3 Å². The number of hydrogen-bond donors (Lipinski definition) is 3. The Balaban J connectivity index is 1.54. The Hall–Kier alpha value is -1.62. The molecule has 3 N–H and O–H groups in total. The number of H-pyrrole nitrogens is 1. The number of fused-ring (bicyclic) bond motifs is 4. The van der Waals surface area contributed by atoms with Gasteiger partial charge in [0.05, 0.1) is 11.0 Å². The fourth-order valence-electron chi connectivity index (χ4n) is 4.04. The van der Waals surface area contributed by atoms with Crippen molar-refractivity contribution in [3.8, 4) is 0 Å². The molecule has 20 heavy (non-hydrogen) atoms. The highest BCUT2D eigenvalue weighted by atomic mass is 16.3. The summed E-state index contributed by atoms with van der Waals surface area (Å²) >= 11 is 0. The van der Waals surface area contributed by atoms with Gasteiger partial charge in [-0.15, -0.1) is 0 Å². The molecule has 5 heteroatoms. The molecule has 0 radical (unpaired) electrons. The van der Waals surface area contributed by atoms with Crippen molar-refractivity contribution in [2.24, 2.45) is 11.8 Å². The quantitative estimate of drug-likeness (QED) is 0.801. The smallest absolute Gasteiger partial charge is 0.142 e. The van der Waals surface area contributed by atoms with Gasteiger partial charge in [-0.25, -0.2) is 9.97 Å². The molecule has 1 atom stereocenters. The van der Waals surface area contributed by atoms with Crippen LogP contribution in [0.4, 0.5) is 5.82 Å². The number of aromatic nitrogens is 3. The van der Waals surface area contributed by atoms with Gasteiger partial charge in [0.25, 0.3) is 0 Å². The van der Waals surface area contributed by atoms with Gasteiger partial charge < -0.3 is 15.4 Å². The average Bonchev–Trinajstić information content (AvgIpc) is 2.95. The predicted molar refractivity (Wildman–Crippen MR) is 77.4 cm³/mol. The maximum absolute atomic E-state index is 10.9. The van der Waals surface area contributed by atoms with Gasteiger partial charge in [-0.2, -0.15) is 0 Å². The molecular formula is C15H20N4O. The lowest BCUT2D eigenvalue weighted by atomic mass is 9.62.